The van der Waals surface area contributed by atoms with Crippen molar-refractivity contribution < 1.29 is 9.59 Å². The van der Waals surface area contributed by atoms with E-state index in [0.717, 1.165) is 34.5 Å². The number of fused-ring (bicyclic) bond motifs is 5. The molecule has 1 atom stereocenters. The molecule has 0 fully saturated rings. The molecule has 0 aliphatic heterocycles. The second kappa shape index (κ2) is 8.74. The van der Waals surface area contributed by atoms with E-state index in [9.17, 15) is 9.59 Å². The van der Waals surface area contributed by atoms with Gasteiger partial charge in [-0.3, -0.25) is 24.8 Å². The maximum absolute atomic E-state index is 12.2. The summed E-state index contributed by atoms with van der Waals surface area (Å²) in [5.74, 6) is 1.17. The molecule has 0 saturated heterocycles. The van der Waals surface area contributed by atoms with Gasteiger partial charge in [0.05, 0.1) is 11.1 Å². The number of rotatable bonds is 5. The van der Waals surface area contributed by atoms with Crippen LogP contribution in [0.4, 0.5) is 0 Å². The number of nitrogens with one attached hydrogen (secondary N) is 2. The average molecular weight is 461 g/mol. The molecule has 10 heteroatoms. The van der Waals surface area contributed by atoms with Crippen LogP contribution in [0.25, 0.3) is 15.9 Å². The van der Waals surface area contributed by atoms with E-state index < -0.39 is 0 Å². The molecule has 0 saturated carbocycles. The molecule has 4 rings (SSSR count). The quantitative estimate of drug-likeness (QED) is 0.446. The van der Waals surface area contributed by atoms with Crippen LogP contribution in [0.3, 0.4) is 0 Å². The van der Waals surface area contributed by atoms with Crippen LogP contribution < -0.4 is 10.9 Å². The highest BCUT2D eigenvalue weighted by Crippen LogP contribution is 2.40. The van der Waals surface area contributed by atoms with Crippen LogP contribution in [0.15, 0.2) is 5.16 Å². The fourth-order valence-corrected chi connectivity index (χ4v) is 5.89. The Bertz CT molecular complexity index is 1150. The Morgan fingerprint density at radius 3 is 2.71 bits per heavy atom. The molecule has 31 heavy (non-hydrogen) atoms. The topological polar surface area (TPSA) is 101 Å². The molecule has 0 bridgehead atoms. The van der Waals surface area contributed by atoms with Gasteiger partial charge in [-0.2, -0.15) is 0 Å². The molecule has 0 spiro atoms. The molecule has 3 aromatic rings. The number of carbonyl (C=O) groups excluding carboxylic acids is 2. The number of thiophene rings is 1. The van der Waals surface area contributed by atoms with Crippen molar-refractivity contribution in [2.75, 3.05) is 5.75 Å². The monoisotopic (exact) mass is 460 g/mol. The first kappa shape index (κ1) is 22.0. The van der Waals surface area contributed by atoms with Gasteiger partial charge < -0.3 is 0 Å². The zero-order valence-electron chi connectivity index (χ0n) is 18.5. The van der Waals surface area contributed by atoms with Crippen molar-refractivity contribution >= 4 is 50.8 Å². The van der Waals surface area contributed by atoms with Crippen LogP contribution in [-0.2, 0) is 22.4 Å². The first-order chi connectivity index (χ1) is 14.8. The van der Waals surface area contributed by atoms with Gasteiger partial charge in [0.15, 0.2) is 10.8 Å². The van der Waals surface area contributed by atoms with Crippen LogP contribution in [0, 0.1) is 11.8 Å². The Kier molecular flexibility index (Phi) is 6.20. The number of hydrogen-bond acceptors (Lipinski definition) is 7. The summed E-state index contributed by atoms with van der Waals surface area (Å²) in [6.45, 7) is 10.0. The lowest BCUT2D eigenvalue weighted by molar-refractivity contribution is -0.129. The fourth-order valence-electron chi connectivity index (χ4n) is 3.76. The van der Waals surface area contributed by atoms with Gasteiger partial charge in [0.2, 0.25) is 11.8 Å². The molecule has 1 aliphatic rings. The van der Waals surface area contributed by atoms with E-state index in [2.05, 4.69) is 41.8 Å². The molecule has 8 nitrogen and oxygen atoms in total. The van der Waals surface area contributed by atoms with E-state index in [0.29, 0.717) is 11.1 Å². The lowest BCUT2D eigenvalue weighted by Gasteiger charge is -2.17. The molecule has 166 valence electrons. The van der Waals surface area contributed by atoms with Gasteiger partial charge in [0, 0.05) is 16.7 Å². The molecule has 1 aliphatic carbocycles. The van der Waals surface area contributed by atoms with E-state index in [-0.39, 0.29) is 29.4 Å². The predicted molar refractivity (Wildman–Crippen MR) is 123 cm³/mol. The van der Waals surface area contributed by atoms with Crippen LogP contribution in [-0.4, -0.2) is 37.1 Å². The lowest BCUT2D eigenvalue weighted by Crippen LogP contribution is -2.44. The van der Waals surface area contributed by atoms with Crippen LogP contribution in [0.5, 0.6) is 0 Å². The normalized spacial score (nSPS) is 16.3. The van der Waals surface area contributed by atoms with E-state index >= 15 is 0 Å². The van der Waals surface area contributed by atoms with Gasteiger partial charge >= 0.3 is 0 Å². The smallest absolute Gasteiger partial charge is 0.248 e. The van der Waals surface area contributed by atoms with Gasteiger partial charge in [0.1, 0.15) is 10.7 Å². The fraction of sp³-hybridized carbons (Fsp3) is 0.571. The maximum atomic E-state index is 12.2. The highest BCUT2D eigenvalue weighted by molar-refractivity contribution is 7.99. The highest BCUT2D eigenvalue weighted by atomic mass is 32.2. The zero-order valence-corrected chi connectivity index (χ0v) is 20.1. The Labute approximate surface area is 189 Å². The maximum Gasteiger partial charge on any atom is 0.248 e. The van der Waals surface area contributed by atoms with Crippen LogP contribution >= 0.6 is 23.1 Å². The summed E-state index contributed by atoms with van der Waals surface area (Å²) in [7, 11) is 0. The predicted octanol–water partition coefficient (Wildman–Crippen LogP) is 3.48. The third kappa shape index (κ3) is 4.27. The number of nitrogens with zero attached hydrogens (tertiary/aromatic N) is 4. The van der Waals surface area contributed by atoms with E-state index in [1.807, 2.05) is 4.40 Å². The van der Waals surface area contributed by atoms with Gasteiger partial charge in [-0.15, -0.1) is 21.5 Å². The Balaban J connectivity index is 1.65. The molecule has 2 N–H and O–H groups in total. The molecular formula is C21H28N6O2S2. The summed E-state index contributed by atoms with van der Waals surface area (Å²) < 4.78 is 2.00. The van der Waals surface area contributed by atoms with Crippen molar-refractivity contribution in [1.29, 1.82) is 0 Å². The minimum atomic E-state index is -0.294. The summed E-state index contributed by atoms with van der Waals surface area (Å²) in [4.78, 5) is 31.3. The van der Waals surface area contributed by atoms with E-state index in [1.54, 1.807) is 25.2 Å². The molecule has 3 aromatic heterocycles. The standard InChI is InChI=1S/C21H28N6O2S2/c1-10(2)17-22-20-16(13-7-6-12(5)8-14(13)31-20)18-24-26-21(27(17)18)30-9-15(28)23-25-19(29)11(3)4/h10-12H,6-9H2,1-5H3,(H,23,28)(H,25,29). The van der Waals surface area contributed by atoms with Crippen molar-refractivity contribution in [2.24, 2.45) is 11.8 Å². The third-order valence-corrected chi connectivity index (χ3v) is 7.57. The Morgan fingerprint density at radius 2 is 2.00 bits per heavy atom. The summed E-state index contributed by atoms with van der Waals surface area (Å²) >= 11 is 3.08. The second-order valence-electron chi connectivity index (χ2n) is 8.78. The number of aryl methyl sites for hydroxylation is 1. The van der Waals surface area contributed by atoms with E-state index in [1.165, 1.54) is 28.6 Å². The summed E-state index contributed by atoms with van der Waals surface area (Å²) in [5.41, 5.74) is 7.08. The third-order valence-electron chi connectivity index (χ3n) is 5.49. The van der Waals surface area contributed by atoms with Crippen molar-refractivity contribution in [2.45, 2.75) is 65.0 Å². The molecule has 0 aromatic carbocycles. The van der Waals surface area contributed by atoms with Crippen molar-refractivity contribution in [3.05, 3.63) is 16.3 Å². The molecule has 1 unspecified atom stereocenters. The SMILES string of the molecule is CC1CCc2c(sc3nc(C(C)C)n4c(SCC(=O)NNC(=O)C(C)C)nnc4c23)C1. The highest BCUT2D eigenvalue weighted by Gasteiger charge is 2.26. The van der Waals surface area contributed by atoms with Crippen molar-refractivity contribution in [1.82, 2.24) is 30.4 Å². The van der Waals surface area contributed by atoms with Gasteiger partial charge in [0.25, 0.3) is 0 Å². The number of thioether (sulfide) groups is 1. The summed E-state index contributed by atoms with van der Waals surface area (Å²) in [5, 5.41) is 10.7. The van der Waals surface area contributed by atoms with Crippen LogP contribution in [0.2, 0.25) is 0 Å². The number of hydrogen-bond donors (Lipinski definition) is 2. The molecule has 2 amide bonds. The van der Waals surface area contributed by atoms with Gasteiger partial charge in [-0.1, -0.05) is 46.4 Å². The average Bonchev–Trinajstić information content (AvgIpc) is 3.29. The second-order valence-corrected chi connectivity index (χ2v) is 10.8. The molecule has 3 heterocycles. The first-order valence-electron chi connectivity index (χ1n) is 10.7. The number of hydrazine groups is 1. The number of aromatic nitrogens is 4. The first-order valence-corrected chi connectivity index (χ1v) is 12.5. The minimum Gasteiger partial charge on any atom is -0.273 e. The summed E-state index contributed by atoms with van der Waals surface area (Å²) in [6.07, 6.45) is 3.31. The van der Waals surface area contributed by atoms with E-state index in [4.69, 9.17) is 4.98 Å². The Morgan fingerprint density at radius 1 is 1.23 bits per heavy atom. The Hall–Kier alpha value is -2.20. The van der Waals surface area contributed by atoms with Crippen molar-refractivity contribution in [3.8, 4) is 0 Å². The lowest BCUT2D eigenvalue weighted by atomic mass is 9.89. The van der Waals surface area contributed by atoms with Crippen LogP contribution in [0.1, 0.15) is 63.2 Å². The van der Waals surface area contributed by atoms with Gasteiger partial charge in [-0.05, 0) is 30.7 Å². The number of carbonyl (C=O) groups is 2. The molecule has 0 radical (unpaired) electrons. The number of amides is 2. The zero-order chi connectivity index (χ0) is 22.3. The molecular weight excluding hydrogens is 432 g/mol. The van der Waals surface area contributed by atoms with Crippen molar-refractivity contribution in [3.63, 3.8) is 0 Å². The van der Waals surface area contributed by atoms with Gasteiger partial charge in [-0.25, -0.2) is 4.98 Å². The summed E-state index contributed by atoms with van der Waals surface area (Å²) in [6, 6.07) is 0. The minimum absolute atomic E-state index is 0.119. The largest absolute Gasteiger partial charge is 0.273 e.